The van der Waals surface area contributed by atoms with Crippen LogP contribution in [0, 0.1) is 0 Å². The Bertz CT molecular complexity index is 474. The Morgan fingerprint density at radius 3 is 3.00 bits per heavy atom. The van der Waals surface area contributed by atoms with Gasteiger partial charge < -0.3 is 19.4 Å². The van der Waals surface area contributed by atoms with Gasteiger partial charge in [0.15, 0.2) is 0 Å². The van der Waals surface area contributed by atoms with Crippen molar-refractivity contribution in [1.82, 2.24) is 10.5 Å². The molecule has 0 saturated carbocycles. The van der Waals surface area contributed by atoms with Gasteiger partial charge in [-0.1, -0.05) is 5.16 Å². The first-order chi connectivity index (χ1) is 8.09. The maximum atomic E-state index is 11.5. The minimum Gasteiger partial charge on any atom is -0.466 e. The number of amides is 1. The highest BCUT2D eigenvalue weighted by Crippen LogP contribution is 2.19. The third-order valence-corrected chi connectivity index (χ3v) is 2.31. The average Bonchev–Trinajstić information content (AvgIpc) is 2.97. The number of rotatable bonds is 4. The van der Waals surface area contributed by atoms with Gasteiger partial charge in [-0.3, -0.25) is 4.79 Å². The van der Waals surface area contributed by atoms with Gasteiger partial charge in [-0.2, -0.15) is 0 Å². The monoisotopic (exact) mass is 236 g/mol. The molecule has 0 aromatic carbocycles. The topological polar surface area (TPSA) is 88.5 Å². The van der Waals surface area contributed by atoms with Gasteiger partial charge in [-0.15, -0.1) is 0 Å². The average molecular weight is 236 g/mol. The predicted octanol–water partition coefficient (Wildman–Crippen LogP) is 0.905. The maximum absolute atomic E-state index is 11.5. The zero-order valence-corrected chi connectivity index (χ0v) is 9.21. The minimum absolute atomic E-state index is 0.0139. The zero-order valence-electron chi connectivity index (χ0n) is 9.21. The fourth-order valence-electron chi connectivity index (χ4n) is 1.34. The molecule has 2 heterocycles. The molecule has 6 heteroatoms. The normalized spacial score (nSPS) is 14.2. The van der Waals surface area contributed by atoms with E-state index in [9.17, 15) is 9.90 Å². The molecule has 2 rings (SSSR count). The second kappa shape index (κ2) is 4.42. The van der Waals surface area contributed by atoms with E-state index in [2.05, 4.69) is 15.0 Å². The van der Waals surface area contributed by atoms with E-state index in [1.165, 1.54) is 18.5 Å². The summed E-state index contributed by atoms with van der Waals surface area (Å²) in [5.41, 5.74) is -1.26. The lowest BCUT2D eigenvalue weighted by molar-refractivity contribution is 0.0324. The first-order valence-corrected chi connectivity index (χ1v) is 5.05. The molecule has 90 valence electrons. The van der Waals surface area contributed by atoms with E-state index in [-0.39, 0.29) is 12.3 Å². The molecule has 1 unspecified atom stereocenters. The van der Waals surface area contributed by atoms with Gasteiger partial charge in [-0.05, 0) is 19.1 Å². The SMILES string of the molecule is CC(O)(CNC(=O)c1ccno1)c1ccco1. The minimum atomic E-state index is -1.26. The largest absolute Gasteiger partial charge is 0.466 e. The van der Waals surface area contributed by atoms with Crippen LogP contribution in [0.3, 0.4) is 0 Å². The number of carbonyl (C=O) groups is 1. The maximum Gasteiger partial charge on any atom is 0.290 e. The van der Waals surface area contributed by atoms with Gasteiger partial charge >= 0.3 is 0 Å². The summed E-state index contributed by atoms with van der Waals surface area (Å²) in [5.74, 6) is 0.0462. The van der Waals surface area contributed by atoms with E-state index in [1.54, 1.807) is 19.1 Å². The third-order valence-electron chi connectivity index (χ3n) is 2.31. The second-order valence-electron chi connectivity index (χ2n) is 3.81. The highest BCUT2D eigenvalue weighted by atomic mass is 16.5. The van der Waals surface area contributed by atoms with Crippen molar-refractivity contribution < 1.29 is 18.8 Å². The molecule has 1 amide bonds. The van der Waals surface area contributed by atoms with Crippen LogP contribution in [-0.4, -0.2) is 22.7 Å². The molecule has 2 N–H and O–H groups in total. The zero-order chi connectivity index (χ0) is 12.3. The number of aromatic nitrogens is 1. The fourth-order valence-corrected chi connectivity index (χ4v) is 1.34. The number of aliphatic hydroxyl groups is 1. The van der Waals surface area contributed by atoms with E-state index in [4.69, 9.17) is 4.42 Å². The lowest BCUT2D eigenvalue weighted by Crippen LogP contribution is -2.38. The molecular weight excluding hydrogens is 224 g/mol. The van der Waals surface area contributed by atoms with Crippen molar-refractivity contribution in [2.75, 3.05) is 6.54 Å². The molecule has 0 aliphatic carbocycles. The van der Waals surface area contributed by atoms with Crippen LogP contribution in [0.1, 0.15) is 23.2 Å². The summed E-state index contributed by atoms with van der Waals surface area (Å²) >= 11 is 0. The molecule has 0 saturated heterocycles. The Hall–Kier alpha value is -2.08. The van der Waals surface area contributed by atoms with Gasteiger partial charge in [0.1, 0.15) is 11.4 Å². The van der Waals surface area contributed by atoms with Crippen molar-refractivity contribution >= 4 is 5.91 Å². The van der Waals surface area contributed by atoms with Crippen molar-refractivity contribution in [2.45, 2.75) is 12.5 Å². The van der Waals surface area contributed by atoms with Crippen LogP contribution in [0.4, 0.5) is 0 Å². The molecule has 1 atom stereocenters. The smallest absolute Gasteiger partial charge is 0.290 e. The number of hydrogen-bond donors (Lipinski definition) is 2. The number of carbonyl (C=O) groups excluding carboxylic acids is 1. The van der Waals surface area contributed by atoms with Crippen LogP contribution >= 0.6 is 0 Å². The Morgan fingerprint density at radius 1 is 1.59 bits per heavy atom. The molecule has 0 aliphatic rings. The molecular formula is C11H12N2O4. The van der Waals surface area contributed by atoms with Crippen LogP contribution in [0.5, 0.6) is 0 Å². The van der Waals surface area contributed by atoms with Gasteiger partial charge in [0, 0.05) is 6.07 Å². The summed E-state index contributed by atoms with van der Waals surface area (Å²) in [7, 11) is 0. The molecule has 0 fully saturated rings. The number of nitrogens with zero attached hydrogens (tertiary/aromatic N) is 1. The first kappa shape index (κ1) is 11.4. The molecule has 0 bridgehead atoms. The van der Waals surface area contributed by atoms with Crippen molar-refractivity contribution in [3.63, 3.8) is 0 Å². The van der Waals surface area contributed by atoms with E-state index in [1.807, 2.05) is 0 Å². The molecule has 2 aromatic rings. The quantitative estimate of drug-likeness (QED) is 0.823. The van der Waals surface area contributed by atoms with Gasteiger partial charge in [-0.25, -0.2) is 0 Å². The highest BCUT2D eigenvalue weighted by Gasteiger charge is 2.27. The third kappa shape index (κ3) is 2.54. The standard InChI is InChI=1S/C11H12N2O4/c1-11(15,9-3-2-6-16-9)7-12-10(14)8-4-5-13-17-8/h2-6,15H,7H2,1H3,(H,12,14). The van der Waals surface area contributed by atoms with Crippen molar-refractivity contribution in [3.8, 4) is 0 Å². The van der Waals surface area contributed by atoms with Crippen LogP contribution < -0.4 is 5.32 Å². The molecule has 0 spiro atoms. The van der Waals surface area contributed by atoms with Crippen molar-refractivity contribution in [2.24, 2.45) is 0 Å². The Morgan fingerprint density at radius 2 is 2.41 bits per heavy atom. The van der Waals surface area contributed by atoms with E-state index >= 15 is 0 Å². The number of furan rings is 1. The summed E-state index contributed by atoms with van der Waals surface area (Å²) < 4.78 is 9.77. The van der Waals surface area contributed by atoms with E-state index < -0.39 is 11.5 Å². The summed E-state index contributed by atoms with van der Waals surface area (Å²) in [6, 6.07) is 4.75. The Balaban J connectivity index is 1.96. The summed E-state index contributed by atoms with van der Waals surface area (Å²) in [6.45, 7) is 1.56. The van der Waals surface area contributed by atoms with Gasteiger partial charge in [0.2, 0.25) is 5.76 Å². The predicted molar refractivity (Wildman–Crippen MR) is 57.1 cm³/mol. The molecule has 0 aliphatic heterocycles. The van der Waals surface area contributed by atoms with E-state index in [0.717, 1.165) is 0 Å². The van der Waals surface area contributed by atoms with Crippen molar-refractivity contribution in [3.05, 3.63) is 42.2 Å². The summed E-state index contributed by atoms with van der Waals surface area (Å²) in [4.78, 5) is 11.5. The second-order valence-corrected chi connectivity index (χ2v) is 3.81. The summed E-state index contributed by atoms with van der Waals surface area (Å²) in [6.07, 6.45) is 2.83. The Kier molecular flexibility index (Phi) is 2.97. The van der Waals surface area contributed by atoms with Crippen LogP contribution in [-0.2, 0) is 5.60 Å². The molecule has 6 nitrogen and oxygen atoms in total. The van der Waals surface area contributed by atoms with Gasteiger partial charge in [0.05, 0.1) is 19.0 Å². The van der Waals surface area contributed by atoms with Crippen LogP contribution in [0.2, 0.25) is 0 Å². The van der Waals surface area contributed by atoms with Crippen LogP contribution in [0.15, 0.2) is 39.6 Å². The molecule has 0 radical (unpaired) electrons. The van der Waals surface area contributed by atoms with Gasteiger partial charge in [0.25, 0.3) is 5.91 Å². The Labute approximate surface area is 97.2 Å². The molecule has 2 aromatic heterocycles. The van der Waals surface area contributed by atoms with E-state index in [0.29, 0.717) is 5.76 Å². The first-order valence-electron chi connectivity index (χ1n) is 5.05. The lowest BCUT2D eigenvalue weighted by Gasteiger charge is -2.20. The fraction of sp³-hybridized carbons (Fsp3) is 0.273. The number of nitrogens with one attached hydrogen (secondary N) is 1. The summed E-state index contributed by atoms with van der Waals surface area (Å²) in [5, 5.41) is 16.0. The lowest BCUT2D eigenvalue weighted by atomic mass is 10.0. The van der Waals surface area contributed by atoms with Crippen LogP contribution in [0.25, 0.3) is 0 Å². The van der Waals surface area contributed by atoms with Crippen molar-refractivity contribution in [1.29, 1.82) is 0 Å². The highest BCUT2D eigenvalue weighted by molar-refractivity contribution is 5.91. The molecule has 17 heavy (non-hydrogen) atoms. The number of hydrogen-bond acceptors (Lipinski definition) is 5.